The van der Waals surface area contributed by atoms with Crippen LogP contribution in [-0.4, -0.2) is 82.7 Å². The first kappa shape index (κ1) is 37.7. The van der Waals surface area contributed by atoms with E-state index in [1.165, 1.54) is 6.07 Å². The number of rotatable bonds is 9. The van der Waals surface area contributed by atoms with Crippen molar-refractivity contribution >= 4 is 51.5 Å². The largest absolute Gasteiger partial charge is 0.545 e. The number of aliphatic carboxylic acids is 1. The summed E-state index contributed by atoms with van der Waals surface area (Å²) in [5, 5.41) is 22.1. The number of unbranched alkanes of at least 4 members (excludes halogenated alkanes) is 2. The molecule has 2 heterocycles. The zero-order valence-electron chi connectivity index (χ0n) is 29.7. The van der Waals surface area contributed by atoms with Gasteiger partial charge in [0.2, 0.25) is 0 Å². The molecule has 5 aliphatic rings. The van der Waals surface area contributed by atoms with Gasteiger partial charge in [-0.3, -0.25) is 14.2 Å². The molecule has 2 aliphatic heterocycles. The molecule has 1 aromatic rings. The summed E-state index contributed by atoms with van der Waals surface area (Å²) in [6.45, 7) is 9.25. The lowest BCUT2D eigenvalue weighted by atomic mass is 9.54. The van der Waals surface area contributed by atoms with Crippen LogP contribution in [0, 0.1) is 17.3 Å². The van der Waals surface area contributed by atoms with Crippen LogP contribution in [0.3, 0.4) is 0 Å². The van der Waals surface area contributed by atoms with Crippen molar-refractivity contribution in [3.8, 4) is 0 Å². The molecule has 0 spiro atoms. The molecule has 1 saturated heterocycles. The number of fused-ring (bicyclic) bond motifs is 4. The van der Waals surface area contributed by atoms with Gasteiger partial charge in [-0.15, -0.1) is 0 Å². The Labute approximate surface area is 310 Å². The Morgan fingerprint density at radius 2 is 1.71 bits per heavy atom. The van der Waals surface area contributed by atoms with Crippen LogP contribution in [0.15, 0.2) is 70.4 Å². The number of carbonyl (C=O) groups is 2. The minimum absolute atomic E-state index is 0.0197. The number of allylic oxidation sites excluding steroid dienone is 4. The predicted octanol–water partition coefficient (Wildman–Crippen LogP) is 6.24. The average Bonchev–Trinajstić information content (AvgIpc) is 3.03. The Hall–Kier alpha value is -3.02. The monoisotopic (exact) mass is 756 g/mol. The maximum Gasteiger partial charge on any atom is 0.303 e. The van der Waals surface area contributed by atoms with Gasteiger partial charge in [0, 0.05) is 64.6 Å². The van der Waals surface area contributed by atoms with E-state index in [1.807, 2.05) is 27.0 Å². The molecule has 0 aromatic heterocycles. The molecule has 0 amide bonds. The molecule has 0 bridgehead atoms. The molecule has 5 atom stereocenters. The van der Waals surface area contributed by atoms with E-state index in [4.69, 9.17) is 28.3 Å². The molecule has 12 heteroatoms. The van der Waals surface area contributed by atoms with E-state index in [2.05, 4.69) is 53.8 Å². The second-order valence-electron chi connectivity index (χ2n) is 15.7. The van der Waals surface area contributed by atoms with Crippen LogP contribution in [0.2, 0.25) is 10.0 Å². The highest BCUT2D eigenvalue weighted by molar-refractivity contribution is 7.86. The first-order valence-electron chi connectivity index (χ1n) is 17.6. The summed E-state index contributed by atoms with van der Waals surface area (Å²) < 4.78 is 37.1. The van der Waals surface area contributed by atoms with Gasteiger partial charge in [-0.2, -0.15) is 8.42 Å². The molecule has 2 fully saturated rings. The molecular weight excluding hydrogens is 711 g/mol. The summed E-state index contributed by atoms with van der Waals surface area (Å²) in [6, 6.07) is 2.89. The smallest absolute Gasteiger partial charge is 0.303 e. The second-order valence-corrected chi connectivity index (χ2v) is 17.9. The van der Waals surface area contributed by atoms with E-state index in [1.54, 1.807) is 6.07 Å². The summed E-state index contributed by atoms with van der Waals surface area (Å²) in [5.41, 5.74) is 3.51. The van der Waals surface area contributed by atoms with Crippen LogP contribution < -0.4 is 5.11 Å². The first-order valence-corrected chi connectivity index (χ1v) is 20.0. The van der Waals surface area contributed by atoms with Crippen LogP contribution in [0.4, 0.5) is 0 Å². The van der Waals surface area contributed by atoms with E-state index in [0.29, 0.717) is 17.6 Å². The normalized spacial score (nSPS) is 28.9. The standard InChI is InChI=1S/C39H46Cl2N2O7S/c1-38(2)20-23(21-51(48,49)50)24-17-26-28(19-32(24)42(38)5)39(3,4)27-18-31-22(10-9-15-43(31)14-8-6-7-11-33(44)45)16-25(27)34(26)35-29(40)12-13-30(41)36(35)37(46)47/h12-14,16-20,22,24,31-32,34H,6-11,15,21H2,1-5H3,(H2-,44,45,46,47,48,49,50)/b43-14+. The van der Waals surface area contributed by atoms with Crippen LogP contribution in [0.1, 0.15) is 88.1 Å². The number of piperidine rings is 1. The quantitative estimate of drug-likeness (QED) is 0.131. The van der Waals surface area contributed by atoms with Crippen molar-refractivity contribution in [1.82, 2.24) is 4.90 Å². The SMILES string of the molecule is CN1C2C=C3C(=CC2C(CS(=O)(=O)O)=CC1(C)C)C(c1c(Cl)ccc(Cl)c1C(=O)[O-])C1=CC2CCC/[N+](=C\CCCCC(=O)O)C2C=C1C3(C)C. The van der Waals surface area contributed by atoms with Gasteiger partial charge in [-0.05, 0) is 91.8 Å². The van der Waals surface area contributed by atoms with E-state index in [-0.39, 0.29) is 40.0 Å². The Morgan fingerprint density at radius 1 is 1.04 bits per heavy atom. The fraction of sp³-hybridized carbons (Fsp3) is 0.513. The number of carbonyl (C=O) groups excluding carboxylic acids is 1. The van der Waals surface area contributed by atoms with Gasteiger partial charge in [-0.25, -0.2) is 4.58 Å². The third-order valence-corrected chi connectivity index (χ3v) is 13.0. The van der Waals surface area contributed by atoms with Crippen LogP contribution >= 0.6 is 23.2 Å². The van der Waals surface area contributed by atoms with Gasteiger partial charge in [-0.1, -0.05) is 61.4 Å². The maximum atomic E-state index is 12.8. The van der Waals surface area contributed by atoms with Crippen molar-refractivity contribution in [3.63, 3.8) is 0 Å². The highest BCUT2D eigenvalue weighted by Gasteiger charge is 2.52. The number of nitrogens with zero attached hydrogens (tertiary/aromatic N) is 2. The molecular formula is C39H46Cl2N2O7S. The first-order chi connectivity index (χ1) is 23.8. The summed E-state index contributed by atoms with van der Waals surface area (Å²) in [5.74, 6) is -3.68. The molecule has 274 valence electrons. The van der Waals surface area contributed by atoms with Crippen molar-refractivity contribution in [2.45, 2.75) is 89.8 Å². The number of carboxylic acids is 2. The molecule has 5 unspecified atom stereocenters. The van der Waals surface area contributed by atoms with E-state index < -0.39 is 50.6 Å². The lowest BCUT2D eigenvalue weighted by molar-refractivity contribution is -0.568. The minimum Gasteiger partial charge on any atom is -0.545 e. The number of hydrogen-bond acceptors (Lipinski definition) is 6. The molecule has 0 radical (unpaired) electrons. The number of aromatic carboxylic acids is 1. The number of hydrogen-bond donors (Lipinski definition) is 2. The Balaban J connectivity index is 1.56. The zero-order valence-corrected chi connectivity index (χ0v) is 32.0. The molecule has 1 saturated carbocycles. The third kappa shape index (κ3) is 7.07. The molecule has 6 rings (SSSR count). The van der Waals surface area contributed by atoms with Gasteiger partial charge in [0.15, 0.2) is 6.04 Å². The van der Waals surface area contributed by atoms with Crippen molar-refractivity contribution in [1.29, 1.82) is 0 Å². The second kappa shape index (κ2) is 13.8. The van der Waals surface area contributed by atoms with E-state index in [0.717, 1.165) is 54.5 Å². The third-order valence-electron chi connectivity index (χ3n) is 11.7. The number of benzene rings is 1. The number of carboxylic acid groups (broad SMARTS) is 2. The van der Waals surface area contributed by atoms with Gasteiger partial charge >= 0.3 is 5.97 Å². The fourth-order valence-corrected chi connectivity index (χ4v) is 10.3. The average molecular weight is 758 g/mol. The van der Waals surface area contributed by atoms with Gasteiger partial charge in [0.05, 0.1) is 16.7 Å². The maximum absolute atomic E-state index is 12.8. The Kier molecular flexibility index (Phi) is 10.2. The highest BCUT2D eigenvalue weighted by Crippen LogP contribution is 2.61. The summed E-state index contributed by atoms with van der Waals surface area (Å²) in [6.07, 6.45) is 17.2. The highest BCUT2D eigenvalue weighted by atomic mass is 35.5. The number of likely N-dealkylation sites (N-methyl/N-ethyl adjacent to an activating group) is 1. The number of halogens is 2. The van der Waals surface area contributed by atoms with Crippen LogP contribution in [-0.2, 0) is 14.9 Å². The van der Waals surface area contributed by atoms with Gasteiger partial charge in [0.1, 0.15) is 12.8 Å². The summed E-state index contributed by atoms with van der Waals surface area (Å²) in [7, 11) is -2.35. The molecule has 51 heavy (non-hydrogen) atoms. The molecule has 9 nitrogen and oxygen atoms in total. The van der Waals surface area contributed by atoms with Crippen molar-refractivity contribution < 1.29 is 37.3 Å². The molecule has 3 aliphatic carbocycles. The topological polar surface area (TPSA) is 138 Å². The van der Waals surface area contributed by atoms with Crippen molar-refractivity contribution in [3.05, 3.63) is 91.6 Å². The Bertz CT molecular complexity index is 1970. The van der Waals surface area contributed by atoms with E-state index >= 15 is 0 Å². The molecule has 1 aromatic carbocycles. The van der Waals surface area contributed by atoms with Crippen molar-refractivity contribution in [2.24, 2.45) is 17.3 Å². The van der Waals surface area contributed by atoms with Crippen LogP contribution in [0.25, 0.3) is 0 Å². The summed E-state index contributed by atoms with van der Waals surface area (Å²) >= 11 is 13.6. The summed E-state index contributed by atoms with van der Waals surface area (Å²) in [4.78, 5) is 26.1. The predicted molar refractivity (Wildman–Crippen MR) is 197 cm³/mol. The van der Waals surface area contributed by atoms with Crippen LogP contribution in [0.5, 0.6) is 0 Å². The lowest BCUT2D eigenvalue weighted by Crippen LogP contribution is -2.54. The lowest BCUT2D eigenvalue weighted by Gasteiger charge is -2.53. The zero-order chi connectivity index (χ0) is 37.2. The van der Waals surface area contributed by atoms with Crippen molar-refractivity contribution in [2.75, 3.05) is 19.3 Å². The minimum atomic E-state index is -4.36. The fourth-order valence-electron chi connectivity index (χ4n) is 9.09. The van der Waals surface area contributed by atoms with E-state index in [9.17, 15) is 27.7 Å². The van der Waals surface area contributed by atoms with Gasteiger partial charge in [0.25, 0.3) is 10.1 Å². The van der Waals surface area contributed by atoms with Gasteiger partial charge < -0.3 is 15.0 Å². The molecule has 2 N–H and O–H groups in total. The Morgan fingerprint density at radius 3 is 2.37 bits per heavy atom.